The Labute approximate surface area is 230 Å². The van der Waals surface area contributed by atoms with Crippen molar-refractivity contribution in [2.75, 3.05) is 12.4 Å². The van der Waals surface area contributed by atoms with Crippen LogP contribution in [0.4, 0.5) is 5.69 Å². The molecule has 1 atom stereocenters. The van der Waals surface area contributed by atoms with Crippen LogP contribution in [0.1, 0.15) is 28.3 Å². The second-order valence-corrected chi connectivity index (χ2v) is 9.52. The molecule has 0 saturated carbocycles. The van der Waals surface area contributed by atoms with Gasteiger partial charge in [0.1, 0.15) is 18.5 Å². The number of hydrogen-bond acceptors (Lipinski definition) is 5. The van der Waals surface area contributed by atoms with Gasteiger partial charge in [-0.05, 0) is 65.2 Å². The van der Waals surface area contributed by atoms with Crippen molar-refractivity contribution < 1.29 is 14.3 Å². The number of nitrogens with one attached hydrogen (secondary N) is 3. The molecule has 0 saturated heterocycles. The van der Waals surface area contributed by atoms with Gasteiger partial charge in [-0.3, -0.25) is 10.2 Å². The standard InChI is InChI=1S/C30H29BrN4O3/c1-37-27-17-23(12-15-26(27)38-19-21-8-5-9-24(31)16-21)28(30(36)34-18-20-6-3-2-4-7-20)35-25-13-10-22(11-14-25)29(32)33/h2-17,28,35H,18-19H2,1H3,(H3,32,33)(H,34,36). The second kappa shape index (κ2) is 12.8. The predicted octanol–water partition coefficient (Wildman–Crippen LogP) is 5.79. The summed E-state index contributed by atoms with van der Waals surface area (Å²) < 4.78 is 12.6. The van der Waals surface area contributed by atoms with Crippen molar-refractivity contribution in [3.63, 3.8) is 0 Å². The maximum atomic E-state index is 13.4. The summed E-state index contributed by atoms with van der Waals surface area (Å²) in [6.07, 6.45) is 0. The molecule has 0 heterocycles. The van der Waals surface area contributed by atoms with Crippen LogP contribution in [-0.2, 0) is 17.9 Å². The predicted molar refractivity (Wildman–Crippen MR) is 154 cm³/mol. The van der Waals surface area contributed by atoms with Crippen LogP contribution in [0.5, 0.6) is 11.5 Å². The minimum Gasteiger partial charge on any atom is -0.493 e. The number of anilines is 1. The number of hydrogen-bond donors (Lipinski definition) is 4. The van der Waals surface area contributed by atoms with E-state index >= 15 is 0 Å². The maximum Gasteiger partial charge on any atom is 0.247 e. The van der Waals surface area contributed by atoms with Gasteiger partial charge in [0, 0.05) is 22.3 Å². The lowest BCUT2D eigenvalue weighted by Gasteiger charge is -2.22. The van der Waals surface area contributed by atoms with Crippen LogP contribution in [0.25, 0.3) is 0 Å². The van der Waals surface area contributed by atoms with Crippen LogP contribution in [-0.4, -0.2) is 18.9 Å². The number of carbonyl (C=O) groups is 1. The zero-order valence-corrected chi connectivity index (χ0v) is 22.5. The number of amides is 1. The Balaban J connectivity index is 1.57. The van der Waals surface area contributed by atoms with Gasteiger partial charge in [0.05, 0.1) is 7.11 Å². The first-order chi connectivity index (χ1) is 18.4. The van der Waals surface area contributed by atoms with Crippen LogP contribution in [0.3, 0.4) is 0 Å². The Hall–Kier alpha value is -4.30. The van der Waals surface area contributed by atoms with E-state index in [1.807, 2.05) is 66.7 Å². The third-order valence-electron chi connectivity index (χ3n) is 5.88. The summed E-state index contributed by atoms with van der Waals surface area (Å²) in [4.78, 5) is 13.4. The molecule has 4 aromatic carbocycles. The van der Waals surface area contributed by atoms with E-state index in [1.165, 1.54) is 0 Å². The van der Waals surface area contributed by atoms with Crippen molar-refractivity contribution in [3.05, 3.63) is 124 Å². The molecule has 0 aliphatic carbocycles. The molecule has 0 aromatic heterocycles. The van der Waals surface area contributed by atoms with Crippen LogP contribution in [0, 0.1) is 5.41 Å². The number of amidine groups is 1. The summed E-state index contributed by atoms with van der Waals surface area (Å²) in [5.41, 5.74) is 9.62. The summed E-state index contributed by atoms with van der Waals surface area (Å²) >= 11 is 3.48. The molecule has 0 bridgehead atoms. The fraction of sp³-hybridized carbons (Fsp3) is 0.133. The topological polar surface area (TPSA) is 109 Å². The van der Waals surface area contributed by atoms with E-state index in [0.29, 0.717) is 41.5 Å². The number of nitrogens with two attached hydrogens (primary N) is 1. The van der Waals surface area contributed by atoms with Crippen LogP contribution in [0.15, 0.2) is 102 Å². The maximum absolute atomic E-state index is 13.4. The summed E-state index contributed by atoms with van der Waals surface area (Å²) in [6.45, 7) is 0.767. The minimum atomic E-state index is -0.713. The fourth-order valence-electron chi connectivity index (χ4n) is 3.87. The van der Waals surface area contributed by atoms with E-state index in [-0.39, 0.29) is 11.7 Å². The van der Waals surface area contributed by atoms with E-state index < -0.39 is 6.04 Å². The van der Waals surface area contributed by atoms with Crippen LogP contribution >= 0.6 is 15.9 Å². The number of nitrogen functional groups attached to an aromatic ring is 1. The Kier molecular flexibility index (Phi) is 9.00. The van der Waals surface area contributed by atoms with Gasteiger partial charge >= 0.3 is 0 Å². The number of rotatable bonds is 11. The second-order valence-electron chi connectivity index (χ2n) is 8.60. The molecule has 4 aromatic rings. The van der Waals surface area contributed by atoms with Crippen molar-refractivity contribution in [3.8, 4) is 11.5 Å². The molecule has 8 heteroatoms. The Bertz CT molecular complexity index is 1390. The highest BCUT2D eigenvalue weighted by Gasteiger charge is 2.22. The Morgan fingerprint density at radius 2 is 1.66 bits per heavy atom. The van der Waals surface area contributed by atoms with Gasteiger partial charge in [0.2, 0.25) is 5.91 Å². The fourth-order valence-corrected chi connectivity index (χ4v) is 4.32. The molecular weight excluding hydrogens is 544 g/mol. The number of carbonyl (C=O) groups excluding carboxylic acids is 1. The molecule has 1 unspecified atom stereocenters. The molecule has 194 valence electrons. The highest BCUT2D eigenvalue weighted by molar-refractivity contribution is 9.10. The molecule has 0 fully saturated rings. The Morgan fingerprint density at radius 1 is 0.921 bits per heavy atom. The lowest BCUT2D eigenvalue weighted by molar-refractivity contribution is -0.122. The normalized spacial score (nSPS) is 11.3. The van der Waals surface area contributed by atoms with Gasteiger partial charge in [-0.2, -0.15) is 0 Å². The number of halogens is 1. The van der Waals surface area contributed by atoms with Crippen molar-refractivity contribution >= 4 is 33.4 Å². The monoisotopic (exact) mass is 572 g/mol. The Morgan fingerprint density at radius 3 is 2.34 bits per heavy atom. The highest BCUT2D eigenvalue weighted by atomic mass is 79.9. The summed E-state index contributed by atoms with van der Waals surface area (Å²) in [6, 6.07) is 29.4. The average molecular weight is 573 g/mol. The van der Waals surface area contributed by atoms with E-state index in [0.717, 1.165) is 15.6 Å². The van der Waals surface area contributed by atoms with Crippen molar-refractivity contribution in [2.24, 2.45) is 5.73 Å². The van der Waals surface area contributed by atoms with Gasteiger partial charge in [-0.1, -0.05) is 64.5 Å². The minimum absolute atomic E-state index is 0.0168. The van der Waals surface area contributed by atoms with Gasteiger partial charge in [-0.25, -0.2) is 0 Å². The summed E-state index contributed by atoms with van der Waals surface area (Å²) in [5.74, 6) is 0.879. The van der Waals surface area contributed by atoms with Gasteiger partial charge in [-0.15, -0.1) is 0 Å². The van der Waals surface area contributed by atoms with Crippen LogP contribution in [0.2, 0.25) is 0 Å². The van der Waals surface area contributed by atoms with Crippen molar-refractivity contribution in [2.45, 2.75) is 19.2 Å². The molecule has 38 heavy (non-hydrogen) atoms. The lowest BCUT2D eigenvalue weighted by Crippen LogP contribution is -2.33. The highest BCUT2D eigenvalue weighted by Crippen LogP contribution is 2.32. The quantitative estimate of drug-likeness (QED) is 0.134. The molecule has 4 rings (SSSR count). The van der Waals surface area contributed by atoms with Crippen molar-refractivity contribution in [1.29, 1.82) is 5.41 Å². The molecule has 7 nitrogen and oxygen atoms in total. The number of benzene rings is 4. The third kappa shape index (κ3) is 7.14. The average Bonchev–Trinajstić information content (AvgIpc) is 2.94. The molecule has 5 N–H and O–H groups in total. The molecule has 0 aliphatic heterocycles. The molecular formula is C30H29BrN4O3. The molecule has 0 spiro atoms. The zero-order chi connectivity index (χ0) is 26.9. The first kappa shape index (κ1) is 26.8. The van der Waals surface area contributed by atoms with Crippen LogP contribution < -0.4 is 25.8 Å². The van der Waals surface area contributed by atoms with Crippen molar-refractivity contribution in [1.82, 2.24) is 5.32 Å². The number of ether oxygens (including phenoxy) is 2. The smallest absolute Gasteiger partial charge is 0.247 e. The molecule has 0 aliphatic rings. The van der Waals surface area contributed by atoms with E-state index in [9.17, 15) is 4.79 Å². The molecule has 0 radical (unpaired) electrons. The lowest BCUT2D eigenvalue weighted by atomic mass is 10.0. The SMILES string of the molecule is COc1cc(C(Nc2ccc(C(=N)N)cc2)C(=O)NCc2ccccc2)ccc1OCc1cccc(Br)c1. The first-order valence-corrected chi connectivity index (χ1v) is 12.8. The number of methoxy groups -OCH3 is 1. The largest absolute Gasteiger partial charge is 0.493 e. The summed E-state index contributed by atoms with van der Waals surface area (Å²) in [5, 5.41) is 13.9. The van der Waals surface area contributed by atoms with Gasteiger partial charge < -0.3 is 25.8 Å². The van der Waals surface area contributed by atoms with E-state index in [2.05, 4.69) is 26.6 Å². The first-order valence-electron chi connectivity index (χ1n) is 12.0. The third-order valence-corrected chi connectivity index (χ3v) is 6.38. The molecule has 1 amide bonds. The van der Waals surface area contributed by atoms with E-state index in [1.54, 1.807) is 37.4 Å². The summed E-state index contributed by atoms with van der Waals surface area (Å²) in [7, 11) is 1.57. The van der Waals surface area contributed by atoms with E-state index in [4.69, 9.17) is 20.6 Å². The zero-order valence-electron chi connectivity index (χ0n) is 20.9. The van der Waals surface area contributed by atoms with Gasteiger partial charge in [0.15, 0.2) is 11.5 Å². The van der Waals surface area contributed by atoms with Gasteiger partial charge in [0.25, 0.3) is 0 Å².